The SMILES string of the molecule is Cc1ccccc1C(C)C(F)C(=O)Nc1cccc2cccnc12. The van der Waals surface area contributed by atoms with Gasteiger partial charge in [0.05, 0.1) is 11.2 Å². The third kappa shape index (κ3) is 3.13. The summed E-state index contributed by atoms with van der Waals surface area (Å²) in [6.07, 6.45) is 0.0194. The van der Waals surface area contributed by atoms with E-state index < -0.39 is 18.0 Å². The Balaban J connectivity index is 1.82. The minimum absolute atomic E-state index is 0.519. The molecule has 24 heavy (non-hydrogen) atoms. The maximum atomic E-state index is 14.7. The lowest BCUT2D eigenvalue weighted by Gasteiger charge is -2.19. The van der Waals surface area contributed by atoms with Crippen molar-refractivity contribution in [2.24, 2.45) is 0 Å². The number of carbonyl (C=O) groups excluding carboxylic acids is 1. The second-order valence-corrected chi connectivity index (χ2v) is 5.92. The number of hydrogen-bond donors (Lipinski definition) is 1. The van der Waals surface area contributed by atoms with E-state index in [1.54, 1.807) is 19.2 Å². The highest BCUT2D eigenvalue weighted by atomic mass is 19.1. The predicted molar refractivity (Wildman–Crippen MR) is 94.9 cm³/mol. The number of halogens is 1. The first-order valence-corrected chi connectivity index (χ1v) is 7.92. The monoisotopic (exact) mass is 322 g/mol. The van der Waals surface area contributed by atoms with Crippen molar-refractivity contribution in [2.45, 2.75) is 25.9 Å². The van der Waals surface area contributed by atoms with E-state index in [1.165, 1.54) is 0 Å². The second-order valence-electron chi connectivity index (χ2n) is 5.92. The van der Waals surface area contributed by atoms with Gasteiger partial charge in [-0.05, 0) is 30.2 Å². The van der Waals surface area contributed by atoms with E-state index in [1.807, 2.05) is 55.5 Å². The number of anilines is 1. The van der Waals surface area contributed by atoms with Crippen LogP contribution in [-0.2, 0) is 4.79 Å². The molecule has 0 radical (unpaired) electrons. The third-order valence-electron chi connectivity index (χ3n) is 4.26. The zero-order chi connectivity index (χ0) is 17.1. The Kier molecular flexibility index (Phi) is 4.56. The van der Waals surface area contributed by atoms with Gasteiger partial charge in [-0.2, -0.15) is 0 Å². The Labute approximate surface area is 140 Å². The molecule has 0 bridgehead atoms. The lowest BCUT2D eigenvalue weighted by Crippen LogP contribution is -2.29. The van der Waals surface area contributed by atoms with E-state index in [2.05, 4.69) is 10.3 Å². The number of alkyl halides is 1. The van der Waals surface area contributed by atoms with Crippen LogP contribution in [0.3, 0.4) is 0 Å². The van der Waals surface area contributed by atoms with Crippen molar-refractivity contribution >= 4 is 22.5 Å². The number of nitrogens with zero attached hydrogens (tertiary/aromatic N) is 1. The minimum atomic E-state index is -1.63. The number of aromatic nitrogens is 1. The number of carbonyl (C=O) groups is 1. The molecule has 1 aromatic heterocycles. The van der Waals surface area contributed by atoms with Crippen molar-refractivity contribution in [3.05, 3.63) is 71.9 Å². The van der Waals surface area contributed by atoms with Crippen molar-refractivity contribution in [1.82, 2.24) is 4.98 Å². The molecule has 0 saturated carbocycles. The van der Waals surface area contributed by atoms with Crippen LogP contribution in [0.4, 0.5) is 10.1 Å². The average Bonchev–Trinajstić information content (AvgIpc) is 2.61. The van der Waals surface area contributed by atoms with E-state index in [9.17, 15) is 9.18 Å². The van der Waals surface area contributed by atoms with Gasteiger partial charge in [-0.25, -0.2) is 4.39 Å². The molecule has 1 heterocycles. The molecule has 0 aliphatic heterocycles. The van der Waals surface area contributed by atoms with Gasteiger partial charge in [-0.3, -0.25) is 9.78 Å². The van der Waals surface area contributed by atoms with Crippen LogP contribution in [0.15, 0.2) is 60.8 Å². The molecule has 0 fully saturated rings. The number of pyridine rings is 1. The number of para-hydroxylation sites is 1. The molecule has 3 nitrogen and oxygen atoms in total. The van der Waals surface area contributed by atoms with Gasteiger partial charge in [0.2, 0.25) is 0 Å². The first kappa shape index (κ1) is 16.1. The third-order valence-corrected chi connectivity index (χ3v) is 4.26. The summed E-state index contributed by atoms with van der Waals surface area (Å²) in [5, 5.41) is 3.58. The van der Waals surface area contributed by atoms with Crippen LogP contribution in [0.1, 0.15) is 24.0 Å². The second kappa shape index (κ2) is 6.79. The number of benzene rings is 2. The summed E-state index contributed by atoms with van der Waals surface area (Å²) in [6.45, 7) is 3.65. The zero-order valence-electron chi connectivity index (χ0n) is 13.7. The molecule has 4 heteroatoms. The van der Waals surface area contributed by atoms with Crippen LogP contribution in [-0.4, -0.2) is 17.1 Å². The van der Waals surface area contributed by atoms with E-state index in [0.29, 0.717) is 11.2 Å². The quantitative estimate of drug-likeness (QED) is 0.761. The Morgan fingerprint density at radius 3 is 2.62 bits per heavy atom. The molecule has 122 valence electrons. The highest BCUT2D eigenvalue weighted by Gasteiger charge is 2.27. The Hall–Kier alpha value is -2.75. The fourth-order valence-electron chi connectivity index (χ4n) is 2.89. The lowest BCUT2D eigenvalue weighted by molar-refractivity contribution is -0.121. The van der Waals surface area contributed by atoms with E-state index in [4.69, 9.17) is 0 Å². The van der Waals surface area contributed by atoms with Crippen LogP contribution in [0, 0.1) is 6.92 Å². The molecule has 3 aromatic rings. The normalized spacial score (nSPS) is 13.5. The van der Waals surface area contributed by atoms with Crippen molar-refractivity contribution in [3.63, 3.8) is 0 Å². The molecule has 0 spiro atoms. The molecule has 2 aromatic carbocycles. The van der Waals surface area contributed by atoms with Crippen LogP contribution >= 0.6 is 0 Å². The van der Waals surface area contributed by atoms with Gasteiger partial charge in [-0.15, -0.1) is 0 Å². The van der Waals surface area contributed by atoms with Gasteiger partial charge in [0, 0.05) is 17.5 Å². The molecule has 1 amide bonds. The minimum Gasteiger partial charge on any atom is -0.322 e. The summed E-state index contributed by atoms with van der Waals surface area (Å²) < 4.78 is 14.7. The van der Waals surface area contributed by atoms with Crippen LogP contribution in [0.2, 0.25) is 0 Å². The highest BCUT2D eigenvalue weighted by Crippen LogP contribution is 2.27. The number of amides is 1. The molecule has 0 saturated heterocycles. The summed E-state index contributed by atoms with van der Waals surface area (Å²) in [6, 6.07) is 16.7. The fraction of sp³-hybridized carbons (Fsp3) is 0.200. The van der Waals surface area contributed by atoms with E-state index >= 15 is 0 Å². The zero-order valence-corrected chi connectivity index (χ0v) is 13.7. The molecular formula is C20H19FN2O. The number of rotatable bonds is 4. The standard InChI is InChI=1S/C20H19FN2O/c1-13-7-3-4-10-16(13)14(2)18(21)20(24)23-17-11-5-8-15-9-6-12-22-19(15)17/h3-12,14,18H,1-2H3,(H,23,24). The van der Waals surface area contributed by atoms with Gasteiger partial charge >= 0.3 is 0 Å². The van der Waals surface area contributed by atoms with E-state index in [-0.39, 0.29) is 0 Å². The number of hydrogen-bond acceptors (Lipinski definition) is 2. The predicted octanol–water partition coefficient (Wildman–Crippen LogP) is 4.62. The number of aryl methyl sites for hydroxylation is 1. The Morgan fingerprint density at radius 1 is 1.08 bits per heavy atom. The summed E-state index contributed by atoms with van der Waals surface area (Å²) in [5.74, 6) is -1.17. The van der Waals surface area contributed by atoms with Gasteiger partial charge in [0.15, 0.2) is 6.17 Å². The largest absolute Gasteiger partial charge is 0.322 e. The van der Waals surface area contributed by atoms with Gasteiger partial charge < -0.3 is 5.32 Å². The highest BCUT2D eigenvalue weighted by molar-refractivity contribution is 6.02. The molecule has 3 rings (SSSR count). The first-order chi connectivity index (χ1) is 11.6. The number of nitrogens with one attached hydrogen (secondary N) is 1. The summed E-state index contributed by atoms with van der Waals surface area (Å²) in [7, 11) is 0. The molecule has 2 atom stereocenters. The smallest absolute Gasteiger partial charge is 0.259 e. The van der Waals surface area contributed by atoms with Crippen molar-refractivity contribution in [1.29, 1.82) is 0 Å². The maximum Gasteiger partial charge on any atom is 0.259 e. The maximum absolute atomic E-state index is 14.7. The molecular weight excluding hydrogens is 303 g/mol. The van der Waals surface area contributed by atoms with Crippen LogP contribution in [0.25, 0.3) is 10.9 Å². The van der Waals surface area contributed by atoms with Gasteiger partial charge in [0.25, 0.3) is 5.91 Å². The summed E-state index contributed by atoms with van der Waals surface area (Å²) >= 11 is 0. The molecule has 0 aliphatic carbocycles. The van der Waals surface area contributed by atoms with Crippen LogP contribution in [0.5, 0.6) is 0 Å². The fourth-order valence-corrected chi connectivity index (χ4v) is 2.89. The Bertz CT molecular complexity index is 873. The van der Waals surface area contributed by atoms with Gasteiger partial charge in [-0.1, -0.05) is 49.4 Å². The summed E-state index contributed by atoms with van der Waals surface area (Å²) in [5.41, 5.74) is 3.00. The van der Waals surface area contributed by atoms with Crippen molar-refractivity contribution in [3.8, 4) is 0 Å². The van der Waals surface area contributed by atoms with Crippen LogP contribution < -0.4 is 5.32 Å². The van der Waals surface area contributed by atoms with Crippen molar-refractivity contribution in [2.75, 3.05) is 5.32 Å². The molecule has 0 aliphatic rings. The first-order valence-electron chi connectivity index (χ1n) is 7.92. The Morgan fingerprint density at radius 2 is 1.83 bits per heavy atom. The van der Waals surface area contributed by atoms with Crippen molar-refractivity contribution < 1.29 is 9.18 Å². The summed E-state index contributed by atoms with van der Waals surface area (Å²) in [4.78, 5) is 16.6. The molecule has 2 unspecified atom stereocenters. The topological polar surface area (TPSA) is 42.0 Å². The van der Waals surface area contributed by atoms with E-state index in [0.717, 1.165) is 16.5 Å². The van der Waals surface area contributed by atoms with Gasteiger partial charge in [0.1, 0.15) is 0 Å². The lowest BCUT2D eigenvalue weighted by atomic mass is 9.92. The number of fused-ring (bicyclic) bond motifs is 1. The average molecular weight is 322 g/mol. The molecule has 1 N–H and O–H groups in total.